The Bertz CT molecular complexity index is 563. The van der Waals surface area contributed by atoms with Crippen LogP contribution in [-0.2, 0) is 13.1 Å². The van der Waals surface area contributed by atoms with Crippen LogP contribution in [0.1, 0.15) is 219 Å². The number of imidazole rings is 1. The highest BCUT2D eigenvalue weighted by atomic mass is 127. The third-order valence-corrected chi connectivity index (χ3v) is 9.29. The number of rotatable bonds is 34. The number of hydrogen-bond donors (Lipinski definition) is 0. The van der Waals surface area contributed by atoms with Crippen LogP contribution < -0.4 is 28.5 Å². The average molecular weight is 701 g/mol. The molecule has 0 unspecified atom stereocenters. The molecule has 0 aromatic carbocycles. The van der Waals surface area contributed by atoms with Crippen LogP contribution in [0.5, 0.6) is 0 Å². The van der Waals surface area contributed by atoms with Gasteiger partial charge >= 0.3 is 0 Å². The minimum absolute atomic E-state index is 0. The Morgan fingerprint density at radius 1 is 0.381 bits per heavy atom. The van der Waals surface area contributed by atoms with E-state index in [4.69, 9.17) is 0 Å². The zero-order valence-corrected chi connectivity index (χ0v) is 31.2. The first-order chi connectivity index (χ1) is 20.4. The molecule has 0 amide bonds. The van der Waals surface area contributed by atoms with Gasteiger partial charge in [0.05, 0.1) is 13.1 Å². The van der Waals surface area contributed by atoms with Gasteiger partial charge in [0, 0.05) is 0 Å². The zero-order chi connectivity index (χ0) is 29.3. The predicted octanol–water partition coefficient (Wildman–Crippen LogP) is 10.3. The number of nitrogens with zero attached hydrogens (tertiary/aromatic N) is 2. The third kappa shape index (κ3) is 30.0. The SMILES string of the molecule is CCCCCCCCCCCCCCCCCCn1cc[n+](CCCCCCCCCCCCCCCCCC)c1.[I-]. The molecule has 0 atom stereocenters. The highest BCUT2D eigenvalue weighted by Gasteiger charge is 2.04. The summed E-state index contributed by atoms with van der Waals surface area (Å²) < 4.78 is 4.83. The van der Waals surface area contributed by atoms with E-state index < -0.39 is 0 Å². The molecule has 1 heterocycles. The van der Waals surface area contributed by atoms with Gasteiger partial charge in [-0.3, -0.25) is 0 Å². The molecule has 0 saturated heterocycles. The largest absolute Gasteiger partial charge is 1.00 e. The number of aromatic nitrogens is 2. The maximum Gasteiger partial charge on any atom is 0.243 e. The normalized spacial score (nSPS) is 11.3. The van der Waals surface area contributed by atoms with E-state index in [2.05, 4.69) is 41.7 Å². The number of halogens is 1. The first-order valence-electron chi connectivity index (χ1n) is 19.4. The molecule has 3 heteroatoms. The molecule has 0 N–H and O–H groups in total. The molecule has 250 valence electrons. The third-order valence-electron chi connectivity index (χ3n) is 9.29. The second-order valence-corrected chi connectivity index (χ2v) is 13.5. The molecule has 42 heavy (non-hydrogen) atoms. The lowest BCUT2D eigenvalue weighted by Gasteiger charge is -2.03. The van der Waals surface area contributed by atoms with Gasteiger partial charge in [0.2, 0.25) is 6.33 Å². The van der Waals surface area contributed by atoms with E-state index in [1.54, 1.807) is 0 Å². The molecular formula is C39H77IN2. The van der Waals surface area contributed by atoms with Crippen molar-refractivity contribution in [2.45, 2.75) is 232 Å². The maximum atomic E-state index is 2.41. The maximum absolute atomic E-state index is 2.41. The first-order valence-corrected chi connectivity index (χ1v) is 19.4. The molecule has 0 fully saturated rings. The Balaban J connectivity index is 0.0000168. The summed E-state index contributed by atoms with van der Waals surface area (Å²) >= 11 is 0. The van der Waals surface area contributed by atoms with Crippen molar-refractivity contribution in [1.29, 1.82) is 0 Å². The van der Waals surface area contributed by atoms with E-state index in [-0.39, 0.29) is 24.0 Å². The topological polar surface area (TPSA) is 8.81 Å². The Hall–Kier alpha value is -0.0600. The molecule has 0 aliphatic carbocycles. The Morgan fingerprint density at radius 3 is 1.00 bits per heavy atom. The van der Waals surface area contributed by atoms with Crippen LogP contribution in [0.15, 0.2) is 18.7 Å². The van der Waals surface area contributed by atoms with Gasteiger partial charge in [-0.2, -0.15) is 0 Å². The quantitative estimate of drug-likeness (QED) is 0.0385. The van der Waals surface area contributed by atoms with Crippen LogP contribution in [0.3, 0.4) is 0 Å². The molecule has 0 aliphatic heterocycles. The summed E-state index contributed by atoms with van der Waals surface area (Å²) in [4.78, 5) is 0. The molecule has 0 spiro atoms. The van der Waals surface area contributed by atoms with Crippen molar-refractivity contribution in [2.24, 2.45) is 0 Å². The van der Waals surface area contributed by atoms with Crippen molar-refractivity contribution in [3.05, 3.63) is 18.7 Å². The van der Waals surface area contributed by atoms with Gasteiger partial charge in [-0.15, -0.1) is 0 Å². The standard InChI is InChI=1S/C39H77N2.HI/c1-3-5-7-9-11-13-15-17-19-21-23-25-27-29-31-33-35-40-37-38-41(39-40)36-34-32-30-28-26-24-22-20-18-16-14-12-10-8-6-4-2;/h37-39H,3-36H2,1-2H3;1H/q+1;/p-1. The van der Waals surface area contributed by atoms with Crippen LogP contribution in [0.25, 0.3) is 0 Å². The molecule has 1 rings (SSSR count). The van der Waals surface area contributed by atoms with E-state index in [9.17, 15) is 0 Å². The molecule has 2 nitrogen and oxygen atoms in total. The zero-order valence-electron chi connectivity index (χ0n) is 29.0. The van der Waals surface area contributed by atoms with Gasteiger partial charge in [-0.1, -0.05) is 194 Å². The van der Waals surface area contributed by atoms with Gasteiger partial charge < -0.3 is 24.0 Å². The van der Waals surface area contributed by atoms with Crippen LogP contribution >= 0.6 is 0 Å². The first kappa shape index (κ1) is 41.9. The van der Waals surface area contributed by atoms with Gasteiger partial charge in [0.1, 0.15) is 12.4 Å². The number of hydrogen-bond acceptors (Lipinski definition) is 0. The van der Waals surface area contributed by atoms with Crippen molar-refractivity contribution in [1.82, 2.24) is 4.57 Å². The lowest BCUT2D eigenvalue weighted by molar-refractivity contribution is -0.696. The van der Waals surface area contributed by atoms with Crippen LogP contribution in [0, 0.1) is 0 Å². The Morgan fingerprint density at radius 2 is 0.667 bits per heavy atom. The molecular weight excluding hydrogens is 623 g/mol. The lowest BCUT2D eigenvalue weighted by atomic mass is 10.0. The molecule has 0 aliphatic rings. The molecule has 0 radical (unpaired) electrons. The minimum atomic E-state index is 0. The molecule has 0 saturated carbocycles. The summed E-state index contributed by atoms with van der Waals surface area (Å²) in [6.07, 6.45) is 53.2. The summed E-state index contributed by atoms with van der Waals surface area (Å²) in [6.45, 7) is 7.01. The summed E-state index contributed by atoms with van der Waals surface area (Å²) in [6, 6.07) is 0. The summed E-state index contributed by atoms with van der Waals surface area (Å²) in [7, 11) is 0. The van der Waals surface area contributed by atoms with Crippen LogP contribution in [0.4, 0.5) is 0 Å². The monoisotopic (exact) mass is 701 g/mol. The second kappa shape index (κ2) is 35.4. The van der Waals surface area contributed by atoms with Crippen molar-refractivity contribution in [3.8, 4) is 0 Å². The number of aryl methyl sites for hydroxylation is 2. The Labute approximate surface area is 283 Å². The molecule has 0 bridgehead atoms. The smallest absolute Gasteiger partial charge is 0.243 e. The summed E-state index contributed by atoms with van der Waals surface area (Å²) in [5.41, 5.74) is 0. The van der Waals surface area contributed by atoms with E-state index >= 15 is 0 Å². The van der Waals surface area contributed by atoms with Gasteiger partial charge in [-0.05, 0) is 25.7 Å². The van der Waals surface area contributed by atoms with E-state index in [1.807, 2.05) is 0 Å². The fourth-order valence-electron chi connectivity index (χ4n) is 6.39. The number of unbranched alkanes of at least 4 members (excludes halogenated alkanes) is 30. The van der Waals surface area contributed by atoms with Gasteiger partial charge in [0.25, 0.3) is 0 Å². The van der Waals surface area contributed by atoms with E-state index in [0.717, 1.165) is 0 Å². The predicted molar refractivity (Wildman–Crippen MR) is 184 cm³/mol. The lowest BCUT2D eigenvalue weighted by Crippen LogP contribution is -3.00. The van der Waals surface area contributed by atoms with Crippen LogP contribution in [0.2, 0.25) is 0 Å². The minimum Gasteiger partial charge on any atom is -1.00 e. The molecule has 1 aromatic heterocycles. The van der Waals surface area contributed by atoms with Gasteiger partial charge in [0.15, 0.2) is 0 Å². The summed E-state index contributed by atoms with van der Waals surface area (Å²) in [5.74, 6) is 0. The van der Waals surface area contributed by atoms with Gasteiger partial charge in [-0.25, -0.2) is 9.13 Å². The highest BCUT2D eigenvalue weighted by Crippen LogP contribution is 2.15. The van der Waals surface area contributed by atoms with E-state index in [1.165, 1.54) is 219 Å². The average Bonchev–Trinajstić information content (AvgIpc) is 3.44. The van der Waals surface area contributed by atoms with Crippen molar-refractivity contribution >= 4 is 0 Å². The van der Waals surface area contributed by atoms with Crippen LogP contribution in [-0.4, -0.2) is 4.57 Å². The fourth-order valence-corrected chi connectivity index (χ4v) is 6.39. The summed E-state index contributed by atoms with van der Waals surface area (Å²) in [5, 5.41) is 0. The van der Waals surface area contributed by atoms with Crippen molar-refractivity contribution in [2.75, 3.05) is 0 Å². The Kier molecular flexibility index (Phi) is 35.4. The highest BCUT2D eigenvalue weighted by molar-refractivity contribution is 4.66. The van der Waals surface area contributed by atoms with E-state index in [0.29, 0.717) is 0 Å². The van der Waals surface area contributed by atoms with Crippen molar-refractivity contribution in [3.63, 3.8) is 0 Å². The molecule has 1 aromatic rings. The van der Waals surface area contributed by atoms with Crippen molar-refractivity contribution < 1.29 is 28.5 Å². The fraction of sp³-hybridized carbons (Fsp3) is 0.923. The second-order valence-electron chi connectivity index (χ2n) is 13.5.